The van der Waals surface area contributed by atoms with E-state index in [2.05, 4.69) is 33.5 Å². The van der Waals surface area contributed by atoms with Crippen LogP contribution in [-0.4, -0.2) is 12.3 Å². The van der Waals surface area contributed by atoms with Crippen molar-refractivity contribution in [3.05, 3.63) is 11.4 Å². The summed E-state index contributed by atoms with van der Waals surface area (Å²) >= 11 is 0. The first kappa shape index (κ1) is 23.2. The van der Waals surface area contributed by atoms with Gasteiger partial charge in [-0.15, -0.1) is 0 Å². The van der Waals surface area contributed by atoms with Crippen LogP contribution in [0.3, 0.4) is 0 Å². The van der Waals surface area contributed by atoms with Gasteiger partial charge in [-0.25, -0.2) is 0 Å². The van der Waals surface area contributed by atoms with Crippen molar-refractivity contribution < 1.29 is 0 Å². The third-order valence-corrected chi connectivity index (χ3v) is 7.38. The Morgan fingerprint density at radius 3 is 1.35 bits per heavy atom. The lowest BCUT2D eigenvalue weighted by atomic mass is 10.1. The average Bonchev–Trinajstić information content (AvgIpc) is 2.57. The topological polar surface area (TPSA) is 0 Å². The van der Waals surface area contributed by atoms with Crippen molar-refractivity contribution in [1.82, 2.24) is 0 Å². The van der Waals surface area contributed by atoms with Crippen molar-refractivity contribution >= 4 is 7.92 Å². The van der Waals surface area contributed by atoms with Gasteiger partial charge in [0.05, 0.1) is 0 Å². The summed E-state index contributed by atoms with van der Waals surface area (Å²) < 4.78 is 0. The molecule has 0 atom stereocenters. The normalized spacial score (nSPS) is 11.2. The van der Waals surface area contributed by atoms with Gasteiger partial charge in [0.1, 0.15) is 0 Å². The zero-order chi connectivity index (χ0) is 17.2. The van der Waals surface area contributed by atoms with E-state index in [4.69, 9.17) is 0 Å². The lowest BCUT2D eigenvalue weighted by molar-refractivity contribution is 0.622. The van der Waals surface area contributed by atoms with Crippen molar-refractivity contribution in [1.29, 1.82) is 0 Å². The highest BCUT2D eigenvalue weighted by Crippen LogP contribution is 2.41. The smallest absolute Gasteiger partial charge is 0.0291 e. The average molecular weight is 341 g/mol. The van der Waals surface area contributed by atoms with Gasteiger partial charge in [0.15, 0.2) is 0 Å². The Morgan fingerprint density at radius 1 is 0.565 bits per heavy atom. The SMILES string of the molecule is CCCCCCCCP(C=C(CC)CC)CCCCCCCC. The predicted molar refractivity (Wildman–Crippen MR) is 112 cm³/mol. The lowest BCUT2D eigenvalue weighted by Crippen LogP contribution is -1.92. The molecule has 0 aromatic carbocycles. The Hall–Kier alpha value is 0.170. The largest absolute Gasteiger partial charge is 0.0833 e. The van der Waals surface area contributed by atoms with Gasteiger partial charge in [-0.1, -0.05) is 111 Å². The van der Waals surface area contributed by atoms with Crippen LogP contribution in [0, 0.1) is 0 Å². The Bertz CT molecular complexity index is 235. The van der Waals surface area contributed by atoms with Crippen LogP contribution >= 0.6 is 7.92 Å². The minimum absolute atomic E-state index is 0.177. The zero-order valence-electron chi connectivity index (χ0n) is 16.8. The molecule has 0 radical (unpaired) electrons. The van der Waals surface area contributed by atoms with Gasteiger partial charge in [-0.3, -0.25) is 0 Å². The fraction of sp³-hybridized carbons (Fsp3) is 0.909. The highest BCUT2D eigenvalue weighted by atomic mass is 31.1. The van der Waals surface area contributed by atoms with Crippen LogP contribution in [0.5, 0.6) is 0 Å². The molecule has 0 bridgehead atoms. The van der Waals surface area contributed by atoms with E-state index in [1.165, 1.54) is 102 Å². The minimum Gasteiger partial charge on any atom is -0.0833 e. The van der Waals surface area contributed by atoms with Crippen LogP contribution in [0.2, 0.25) is 0 Å². The molecule has 0 amide bonds. The van der Waals surface area contributed by atoms with Crippen LogP contribution in [0.4, 0.5) is 0 Å². The van der Waals surface area contributed by atoms with E-state index in [9.17, 15) is 0 Å². The maximum absolute atomic E-state index is 2.72. The molecule has 0 spiro atoms. The number of hydrogen-bond acceptors (Lipinski definition) is 0. The van der Waals surface area contributed by atoms with Crippen molar-refractivity contribution in [3.63, 3.8) is 0 Å². The predicted octanol–water partition coefficient (Wildman–Crippen LogP) is 8.89. The minimum atomic E-state index is 0.177. The molecule has 0 aromatic heterocycles. The maximum atomic E-state index is 2.72. The summed E-state index contributed by atoms with van der Waals surface area (Å²) in [5.74, 6) is 2.72. The third-order valence-electron chi connectivity index (χ3n) is 4.87. The van der Waals surface area contributed by atoms with E-state index < -0.39 is 0 Å². The quantitative estimate of drug-likeness (QED) is 0.183. The molecule has 0 aliphatic heterocycles. The van der Waals surface area contributed by atoms with Crippen LogP contribution in [0.25, 0.3) is 0 Å². The Labute approximate surface area is 149 Å². The molecule has 0 aromatic rings. The number of hydrogen-bond donors (Lipinski definition) is 0. The van der Waals surface area contributed by atoms with Gasteiger partial charge >= 0.3 is 0 Å². The molecule has 0 aliphatic carbocycles. The zero-order valence-corrected chi connectivity index (χ0v) is 17.7. The van der Waals surface area contributed by atoms with Crippen LogP contribution in [-0.2, 0) is 0 Å². The van der Waals surface area contributed by atoms with Crippen molar-refractivity contribution in [3.8, 4) is 0 Å². The van der Waals surface area contributed by atoms with Gasteiger partial charge in [0.25, 0.3) is 0 Å². The molecule has 23 heavy (non-hydrogen) atoms. The first-order valence-corrected chi connectivity index (χ1v) is 12.5. The molecular weight excluding hydrogens is 295 g/mol. The molecule has 0 unspecified atom stereocenters. The summed E-state index contributed by atoms with van der Waals surface area (Å²) in [5.41, 5.74) is 1.72. The highest BCUT2D eigenvalue weighted by Gasteiger charge is 2.06. The standard InChI is InChI=1S/C22H45P/c1-5-9-11-13-15-17-19-23(21-22(7-3)8-4)20-18-16-14-12-10-6-2/h21H,5-20H2,1-4H3. The second-order valence-electron chi connectivity index (χ2n) is 7.07. The Kier molecular flexibility index (Phi) is 18.6. The van der Waals surface area contributed by atoms with E-state index in [1.54, 1.807) is 5.57 Å². The number of allylic oxidation sites excluding steroid dienone is 1. The third kappa shape index (κ3) is 15.4. The van der Waals surface area contributed by atoms with E-state index in [0.29, 0.717) is 0 Å². The van der Waals surface area contributed by atoms with E-state index in [0.717, 1.165) is 0 Å². The summed E-state index contributed by atoms with van der Waals surface area (Å²) in [7, 11) is 0.177. The molecule has 0 heterocycles. The molecule has 1 heteroatoms. The van der Waals surface area contributed by atoms with Crippen molar-refractivity contribution in [2.75, 3.05) is 12.3 Å². The maximum Gasteiger partial charge on any atom is -0.0291 e. The van der Waals surface area contributed by atoms with Crippen LogP contribution in [0.1, 0.15) is 118 Å². The van der Waals surface area contributed by atoms with Gasteiger partial charge < -0.3 is 0 Å². The molecule has 0 saturated heterocycles. The van der Waals surface area contributed by atoms with Crippen molar-refractivity contribution in [2.45, 2.75) is 118 Å². The summed E-state index contributed by atoms with van der Waals surface area (Å²) in [6.07, 6.45) is 22.9. The Morgan fingerprint density at radius 2 is 0.957 bits per heavy atom. The fourth-order valence-corrected chi connectivity index (χ4v) is 5.75. The summed E-state index contributed by atoms with van der Waals surface area (Å²) in [6.45, 7) is 9.28. The molecular formula is C22H45P. The van der Waals surface area contributed by atoms with Crippen LogP contribution < -0.4 is 0 Å². The molecule has 0 aliphatic rings. The molecule has 0 N–H and O–H groups in total. The molecule has 0 rings (SSSR count). The van der Waals surface area contributed by atoms with Gasteiger partial charge in [-0.2, -0.15) is 0 Å². The first-order valence-electron chi connectivity index (χ1n) is 10.7. The second kappa shape index (κ2) is 18.5. The number of unbranched alkanes of at least 4 members (excludes halogenated alkanes) is 10. The fourth-order valence-electron chi connectivity index (χ4n) is 3.12. The van der Waals surface area contributed by atoms with Crippen LogP contribution in [0.15, 0.2) is 11.4 Å². The highest BCUT2D eigenvalue weighted by molar-refractivity contribution is 7.60. The van der Waals surface area contributed by atoms with Gasteiger partial charge in [0.2, 0.25) is 0 Å². The van der Waals surface area contributed by atoms with Gasteiger partial charge in [0, 0.05) is 0 Å². The van der Waals surface area contributed by atoms with Gasteiger partial charge in [-0.05, 0) is 38.0 Å². The molecule has 0 fully saturated rings. The summed E-state index contributed by atoms with van der Waals surface area (Å²) in [6, 6.07) is 0. The summed E-state index contributed by atoms with van der Waals surface area (Å²) in [5, 5.41) is 0. The first-order chi connectivity index (χ1) is 11.3. The van der Waals surface area contributed by atoms with Crippen molar-refractivity contribution in [2.24, 2.45) is 0 Å². The summed E-state index contributed by atoms with van der Waals surface area (Å²) in [4.78, 5) is 0. The lowest BCUT2D eigenvalue weighted by Gasteiger charge is -2.16. The number of rotatable bonds is 17. The second-order valence-corrected chi connectivity index (χ2v) is 9.40. The molecule has 0 nitrogen and oxygen atoms in total. The molecule has 0 saturated carbocycles. The molecule has 138 valence electrons. The monoisotopic (exact) mass is 340 g/mol. The van der Waals surface area contributed by atoms with E-state index in [1.807, 2.05) is 0 Å². The Balaban J connectivity index is 4.01. The van der Waals surface area contributed by atoms with E-state index >= 15 is 0 Å². The van der Waals surface area contributed by atoms with E-state index in [-0.39, 0.29) is 7.92 Å².